The summed E-state index contributed by atoms with van der Waals surface area (Å²) in [5.41, 5.74) is -1.67. The lowest BCUT2D eigenvalue weighted by molar-refractivity contribution is -0.159. The first kappa shape index (κ1) is 27.9. The van der Waals surface area contributed by atoms with Crippen molar-refractivity contribution in [1.29, 1.82) is 0 Å². The third-order valence-electron chi connectivity index (χ3n) is 8.58. The number of rotatable bonds is 8. The number of hydrogen-bond acceptors (Lipinski definition) is 6. The maximum absolute atomic E-state index is 14.4. The average molecular weight is 557 g/mol. The highest BCUT2D eigenvalue weighted by atomic mass is 35.5. The number of ether oxygens (including phenoxy) is 2. The predicted molar refractivity (Wildman–Crippen MR) is 147 cm³/mol. The van der Waals surface area contributed by atoms with Gasteiger partial charge in [-0.05, 0) is 56.4 Å². The second kappa shape index (κ2) is 11.4. The third-order valence-corrected chi connectivity index (χ3v) is 8.83. The highest BCUT2D eigenvalue weighted by Gasteiger charge is 2.75. The summed E-state index contributed by atoms with van der Waals surface area (Å²) in [5, 5.41) is 9.72. The van der Waals surface area contributed by atoms with Gasteiger partial charge in [-0.15, -0.1) is 0 Å². The normalized spacial score (nSPS) is 33.0. The molecule has 0 aliphatic carbocycles. The standard InChI is InChI=1S/C30H37ClN2O6/c1-2-29-15-6-5-9-20-38-28(37)24(29)23-26(35)33(17-7-3-4-8-19-34)25-27(36)32(18-10-16-30(23,25)39-29)22-13-11-21(31)12-14-22/h6,10-16,23-25,34H,2-5,7-9,17-20H2,1H3/b15-6-/t23-,24-,25?,29+,30-/m0/s1. The Hall–Kier alpha value is -2.68. The van der Waals surface area contributed by atoms with E-state index in [0.717, 1.165) is 19.3 Å². The quantitative estimate of drug-likeness (QED) is 0.295. The molecule has 0 radical (unpaired) electrons. The van der Waals surface area contributed by atoms with E-state index in [4.69, 9.17) is 26.2 Å². The van der Waals surface area contributed by atoms with Crippen molar-refractivity contribution in [3.63, 3.8) is 0 Å². The molecule has 39 heavy (non-hydrogen) atoms. The number of benzene rings is 1. The van der Waals surface area contributed by atoms with Crippen molar-refractivity contribution in [2.75, 3.05) is 31.2 Å². The zero-order valence-corrected chi connectivity index (χ0v) is 23.1. The van der Waals surface area contributed by atoms with Crippen LogP contribution in [0.2, 0.25) is 5.02 Å². The summed E-state index contributed by atoms with van der Waals surface area (Å²) in [5.74, 6) is -2.67. The Bertz CT molecular complexity index is 1150. The van der Waals surface area contributed by atoms with Crippen LogP contribution in [-0.2, 0) is 23.9 Å². The second-order valence-corrected chi connectivity index (χ2v) is 11.3. The molecule has 5 rings (SSSR count). The molecular weight excluding hydrogens is 520 g/mol. The molecule has 9 heteroatoms. The van der Waals surface area contributed by atoms with Crippen LogP contribution in [0, 0.1) is 11.8 Å². The van der Waals surface area contributed by atoms with E-state index in [-0.39, 0.29) is 25.0 Å². The van der Waals surface area contributed by atoms with Gasteiger partial charge in [-0.1, -0.05) is 55.7 Å². The zero-order valence-electron chi connectivity index (χ0n) is 22.4. The van der Waals surface area contributed by atoms with Gasteiger partial charge in [0.05, 0.1) is 12.5 Å². The molecule has 2 fully saturated rings. The zero-order chi connectivity index (χ0) is 27.6. The Morgan fingerprint density at radius 1 is 1.00 bits per heavy atom. The van der Waals surface area contributed by atoms with E-state index in [1.165, 1.54) is 0 Å². The van der Waals surface area contributed by atoms with E-state index in [2.05, 4.69) is 0 Å². The van der Waals surface area contributed by atoms with Crippen molar-refractivity contribution < 1.29 is 29.0 Å². The lowest BCUT2D eigenvalue weighted by Crippen LogP contribution is -2.56. The molecule has 0 aromatic heterocycles. The Morgan fingerprint density at radius 2 is 1.77 bits per heavy atom. The highest BCUT2D eigenvalue weighted by Crippen LogP contribution is 2.58. The topological polar surface area (TPSA) is 96.4 Å². The van der Waals surface area contributed by atoms with Crippen LogP contribution in [0.15, 0.2) is 48.6 Å². The van der Waals surface area contributed by atoms with Gasteiger partial charge < -0.3 is 24.4 Å². The number of anilines is 1. The molecule has 0 bridgehead atoms. The molecule has 2 amide bonds. The minimum Gasteiger partial charge on any atom is -0.465 e. The van der Waals surface area contributed by atoms with Gasteiger partial charge in [0.15, 0.2) is 0 Å². The first-order chi connectivity index (χ1) is 18.9. The molecule has 2 saturated heterocycles. The summed E-state index contributed by atoms with van der Waals surface area (Å²) in [4.78, 5) is 45.6. The summed E-state index contributed by atoms with van der Waals surface area (Å²) in [6, 6.07) is 6.13. The Balaban J connectivity index is 1.58. The summed E-state index contributed by atoms with van der Waals surface area (Å²) in [6.07, 6.45) is 12.6. The molecule has 1 spiro atoms. The van der Waals surface area contributed by atoms with E-state index in [1.54, 1.807) is 34.1 Å². The Morgan fingerprint density at radius 3 is 2.51 bits per heavy atom. The first-order valence-electron chi connectivity index (χ1n) is 14.1. The van der Waals surface area contributed by atoms with Crippen molar-refractivity contribution in [3.05, 3.63) is 53.6 Å². The molecule has 210 valence electrons. The van der Waals surface area contributed by atoms with Crippen LogP contribution in [0.5, 0.6) is 0 Å². The number of allylic oxidation sites excluding steroid dienone is 1. The lowest BCUT2D eigenvalue weighted by Gasteiger charge is -2.38. The number of esters is 1. The number of aliphatic hydroxyl groups excluding tert-OH is 1. The van der Waals surface area contributed by atoms with Crippen LogP contribution in [0.1, 0.15) is 51.9 Å². The summed E-state index contributed by atoms with van der Waals surface area (Å²) in [7, 11) is 0. The van der Waals surface area contributed by atoms with Gasteiger partial charge in [0.1, 0.15) is 23.2 Å². The van der Waals surface area contributed by atoms with Crippen LogP contribution in [0.3, 0.4) is 0 Å². The van der Waals surface area contributed by atoms with Gasteiger partial charge in [0.25, 0.3) is 5.91 Å². The number of likely N-dealkylation sites (tertiary alicyclic amines) is 1. The van der Waals surface area contributed by atoms with E-state index >= 15 is 0 Å². The summed E-state index contributed by atoms with van der Waals surface area (Å²) in [6.45, 7) is 3.02. The predicted octanol–water partition coefficient (Wildman–Crippen LogP) is 4.05. The van der Waals surface area contributed by atoms with Crippen molar-refractivity contribution in [2.45, 2.75) is 69.1 Å². The van der Waals surface area contributed by atoms with Crippen molar-refractivity contribution in [1.82, 2.24) is 4.90 Å². The molecule has 0 saturated carbocycles. The fourth-order valence-corrected chi connectivity index (χ4v) is 6.84. The van der Waals surface area contributed by atoms with E-state index in [9.17, 15) is 14.4 Å². The molecule has 1 unspecified atom stereocenters. The smallest absolute Gasteiger partial charge is 0.313 e. The first-order valence-corrected chi connectivity index (χ1v) is 14.5. The number of unbranched alkanes of at least 4 members (excludes halogenated alkanes) is 3. The van der Waals surface area contributed by atoms with Gasteiger partial charge in [-0.2, -0.15) is 0 Å². The summed E-state index contributed by atoms with van der Waals surface area (Å²) < 4.78 is 12.6. The number of halogens is 1. The van der Waals surface area contributed by atoms with Crippen LogP contribution in [-0.4, -0.2) is 71.3 Å². The molecule has 1 aromatic carbocycles. The molecule has 1 N–H and O–H groups in total. The molecular formula is C30H37ClN2O6. The lowest BCUT2D eigenvalue weighted by atomic mass is 9.73. The van der Waals surface area contributed by atoms with Gasteiger partial charge in [0, 0.05) is 30.4 Å². The SMILES string of the molecule is CC[C@@]12/C=C\CCCOC(=O)[C@@H]1[C@H]1C(=O)N(CCCCCCO)C3C(=O)N(c4ccc(Cl)cc4)CC=C[C@@]31O2. The van der Waals surface area contributed by atoms with E-state index in [1.807, 2.05) is 31.2 Å². The molecule has 1 aromatic rings. The third kappa shape index (κ3) is 4.81. The number of nitrogens with zero attached hydrogens (tertiary/aromatic N) is 2. The Kier molecular flexibility index (Phi) is 8.17. The minimum absolute atomic E-state index is 0.125. The molecule has 4 aliphatic rings. The van der Waals surface area contributed by atoms with Gasteiger partial charge >= 0.3 is 5.97 Å². The number of fused-ring (bicyclic) bond motifs is 2. The van der Waals surface area contributed by atoms with E-state index in [0.29, 0.717) is 49.5 Å². The van der Waals surface area contributed by atoms with Crippen LogP contribution >= 0.6 is 11.6 Å². The molecule has 4 heterocycles. The largest absolute Gasteiger partial charge is 0.465 e. The molecule has 4 aliphatic heterocycles. The monoisotopic (exact) mass is 556 g/mol. The number of aliphatic hydroxyl groups is 1. The highest BCUT2D eigenvalue weighted by molar-refractivity contribution is 6.30. The van der Waals surface area contributed by atoms with Crippen LogP contribution in [0.4, 0.5) is 5.69 Å². The van der Waals surface area contributed by atoms with Crippen LogP contribution in [0.25, 0.3) is 0 Å². The fraction of sp³-hybridized carbons (Fsp3) is 0.567. The number of carbonyl (C=O) groups is 3. The van der Waals surface area contributed by atoms with E-state index < -0.39 is 35.0 Å². The maximum atomic E-state index is 14.4. The van der Waals surface area contributed by atoms with Crippen molar-refractivity contribution in [3.8, 4) is 0 Å². The summed E-state index contributed by atoms with van der Waals surface area (Å²) >= 11 is 6.11. The molecule has 5 atom stereocenters. The van der Waals surface area contributed by atoms with Gasteiger partial charge in [0.2, 0.25) is 5.91 Å². The molecule has 8 nitrogen and oxygen atoms in total. The second-order valence-electron chi connectivity index (χ2n) is 10.8. The number of hydrogen-bond donors (Lipinski definition) is 1. The number of cyclic esters (lactones) is 1. The average Bonchev–Trinajstić information content (AvgIpc) is 3.30. The van der Waals surface area contributed by atoms with Gasteiger partial charge in [-0.25, -0.2) is 0 Å². The number of carbonyl (C=O) groups excluding carboxylic acids is 3. The van der Waals surface area contributed by atoms with Crippen molar-refractivity contribution in [2.24, 2.45) is 11.8 Å². The Labute approximate surface area is 234 Å². The van der Waals surface area contributed by atoms with Crippen LogP contribution < -0.4 is 4.90 Å². The minimum atomic E-state index is -1.30. The maximum Gasteiger partial charge on any atom is 0.313 e. The number of amides is 2. The van der Waals surface area contributed by atoms with Crippen molar-refractivity contribution >= 4 is 35.1 Å². The van der Waals surface area contributed by atoms with Gasteiger partial charge in [-0.3, -0.25) is 14.4 Å². The fourth-order valence-electron chi connectivity index (χ4n) is 6.71.